The summed E-state index contributed by atoms with van der Waals surface area (Å²) in [6.07, 6.45) is 5.51. The monoisotopic (exact) mass is 377 g/mol. The first-order chi connectivity index (χ1) is 12.7. The van der Waals surface area contributed by atoms with Crippen LogP contribution < -0.4 is 0 Å². The molecule has 1 aromatic heterocycles. The number of ether oxygens (including phenoxy) is 1. The summed E-state index contributed by atoms with van der Waals surface area (Å²) in [5, 5.41) is 2.01. The molecule has 0 unspecified atom stereocenters. The smallest absolute Gasteiger partial charge is 0.409 e. The van der Waals surface area contributed by atoms with Gasteiger partial charge in [-0.15, -0.1) is 11.3 Å². The molecule has 0 N–H and O–H groups in total. The third-order valence-electron chi connectivity index (χ3n) is 5.00. The molecule has 3 rings (SSSR count). The van der Waals surface area contributed by atoms with Gasteiger partial charge >= 0.3 is 6.09 Å². The molecule has 3 heterocycles. The normalized spacial score (nSPS) is 22.0. The molecule has 0 bridgehead atoms. The van der Waals surface area contributed by atoms with E-state index in [1.54, 1.807) is 22.3 Å². The van der Waals surface area contributed by atoms with Gasteiger partial charge in [-0.05, 0) is 37.3 Å². The number of likely N-dealkylation sites (tertiary alicyclic amines) is 1. The van der Waals surface area contributed by atoms with Crippen molar-refractivity contribution >= 4 is 29.4 Å². The molecule has 26 heavy (non-hydrogen) atoms. The molecular weight excluding hydrogens is 350 g/mol. The van der Waals surface area contributed by atoms with Crippen molar-refractivity contribution < 1.29 is 14.3 Å². The van der Waals surface area contributed by atoms with Gasteiger partial charge in [-0.2, -0.15) is 0 Å². The van der Waals surface area contributed by atoms with E-state index in [1.165, 1.54) is 0 Å². The SMILES string of the molecule is CCOC(=O)N1CCN([C@@H]2CCCN(C(=O)/C=C/c3cccs3)C2)CC1. The van der Waals surface area contributed by atoms with Crippen LogP contribution in [0.4, 0.5) is 4.79 Å². The summed E-state index contributed by atoms with van der Waals surface area (Å²) in [5.41, 5.74) is 0. The van der Waals surface area contributed by atoms with Crippen molar-refractivity contribution in [2.45, 2.75) is 25.8 Å². The Labute approximate surface area is 159 Å². The first-order valence-electron chi connectivity index (χ1n) is 9.33. The number of rotatable bonds is 4. The van der Waals surface area contributed by atoms with Gasteiger partial charge in [-0.25, -0.2) is 4.79 Å². The quantitative estimate of drug-likeness (QED) is 0.757. The lowest BCUT2D eigenvalue weighted by atomic mass is 10.0. The van der Waals surface area contributed by atoms with Crippen molar-refractivity contribution in [1.82, 2.24) is 14.7 Å². The van der Waals surface area contributed by atoms with Crippen LogP contribution in [0.25, 0.3) is 6.08 Å². The number of piperazine rings is 1. The minimum Gasteiger partial charge on any atom is -0.450 e. The molecule has 142 valence electrons. The molecule has 0 aliphatic carbocycles. The lowest BCUT2D eigenvalue weighted by Gasteiger charge is -2.42. The molecule has 1 atom stereocenters. The number of piperidine rings is 1. The number of carbonyl (C=O) groups is 2. The van der Waals surface area contributed by atoms with E-state index in [2.05, 4.69) is 4.90 Å². The standard InChI is InChI=1S/C19H27N3O3S/c1-2-25-19(24)21-12-10-20(11-13-21)16-5-3-9-22(15-16)18(23)8-7-17-6-4-14-26-17/h4,6-8,14,16H,2-3,5,9-13,15H2,1H3/b8-7+/t16-/m1/s1. The van der Waals surface area contributed by atoms with Crippen LogP contribution in [-0.4, -0.2) is 78.6 Å². The Morgan fingerprint density at radius 3 is 2.73 bits per heavy atom. The average Bonchev–Trinajstić information content (AvgIpc) is 3.20. The fourth-order valence-corrected chi connectivity index (χ4v) is 4.20. The van der Waals surface area contributed by atoms with Crippen LogP contribution >= 0.6 is 11.3 Å². The molecule has 2 fully saturated rings. The van der Waals surface area contributed by atoms with Gasteiger partial charge in [0.25, 0.3) is 0 Å². The highest BCUT2D eigenvalue weighted by Crippen LogP contribution is 2.19. The Morgan fingerprint density at radius 2 is 2.04 bits per heavy atom. The molecule has 1 aromatic rings. The van der Waals surface area contributed by atoms with E-state index < -0.39 is 0 Å². The van der Waals surface area contributed by atoms with Crippen molar-refractivity contribution in [3.8, 4) is 0 Å². The highest BCUT2D eigenvalue weighted by Gasteiger charge is 2.30. The zero-order chi connectivity index (χ0) is 18.4. The Balaban J connectivity index is 1.49. The van der Waals surface area contributed by atoms with Crippen LogP contribution in [0.5, 0.6) is 0 Å². The number of nitrogens with zero attached hydrogens (tertiary/aromatic N) is 3. The van der Waals surface area contributed by atoms with Crippen LogP contribution in [0.3, 0.4) is 0 Å². The number of carbonyl (C=O) groups excluding carboxylic acids is 2. The van der Waals surface area contributed by atoms with Crippen molar-refractivity contribution in [1.29, 1.82) is 0 Å². The van der Waals surface area contributed by atoms with E-state index >= 15 is 0 Å². The zero-order valence-electron chi connectivity index (χ0n) is 15.3. The zero-order valence-corrected chi connectivity index (χ0v) is 16.1. The first-order valence-corrected chi connectivity index (χ1v) is 10.2. The minimum absolute atomic E-state index is 0.0910. The minimum atomic E-state index is -0.216. The summed E-state index contributed by atoms with van der Waals surface area (Å²) >= 11 is 1.63. The van der Waals surface area contributed by atoms with E-state index in [-0.39, 0.29) is 12.0 Å². The molecule has 2 saturated heterocycles. The van der Waals surface area contributed by atoms with E-state index in [1.807, 2.05) is 35.4 Å². The largest absolute Gasteiger partial charge is 0.450 e. The summed E-state index contributed by atoms with van der Waals surface area (Å²) in [6.45, 7) is 6.92. The summed E-state index contributed by atoms with van der Waals surface area (Å²) in [5.74, 6) is 0.0910. The summed E-state index contributed by atoms with van der Waals surface area (Å²) in [7, 11) is 0. The second-order valence-corrected chi connectivity index (χ2v) is 7.63. The van der Waals surface area contributed by atoms with Crippen LogP contribution in [0, 0.1) is 0 Å². The maximum atomic E-state index is 12.5. The maximum absolute atomic E-state index is 12.5. The summed E-state index contributed by atoms with van der Waals surface area (Å²) in [4.78, 5) is 31.5. The van der Waals surface area contributed by atoms with E-state index in [4.69, 9.17) is 4.74 Å². The van der Waals surface area contributed by atoms with E-state index in [9.17, 15) is 9.59 Å². The van der Waals surface area contributed by atoms with Crippen LogP contribution in [-0.2, 0) is 9.53 Å². The first kappa shape index (κ1) is 18.9. The molecule has 0 saturated carbocycles. The van der Waals surface area contributed by atoms with Crippen molar-refractivity contribution in [2.24, 2.45) is 0 Å². The van der Waals surface area contributed by atoms with Gasteiger partial charge in [0.1, 0.15) is 0 Å². The van der Waals surface area contributed by atoms with E-state index in [0.717, 1.165) is 43.9 Å². The van der Waals surface area contributed by atoms with Crippen LogP contribution in [0.1, 0.15) is 24.6 Å². The number of thiophene rings is 1. The molecule has 7 heteroatoms. The average molecular weight is 378 g/mol. The Kier molecular flexibility index (Phi) is 6.68. The van der Waals surface area contributed by atoms with Crippen LogP contribution in [0.2, 0.25) is 0 Å². The third kappa shape index (κ3) is 4.86. The summed E-state index contributed by atoms with van der Waals surface area (Å²) < 4.78 is 5.08. The van der Waals surface area contributed by atoms with Crippen molar-refractivity contribution in [3.05, 3.63) is 28.5 Å². The second-order valence-electron chi connectivity index (χ2n) is 6.65. The second kappa shape index (κ2) is 9.19. The fourth-order valence-electron chi connectivity index (χ4n) is 3.58. The van der Waals surface area contributed by atoms with Crippen molar-refractivity contribution in [2.75, 3.05) is 45.9 Å². The number of hydrogen-bond donors (Lipinski definition) is 0. The van der Waals surface area contributed by atoms with Gasteiger partial charge in [-0.3, -0.25) is 9.69 Å². The molecule has 2 amide bonds. The lowest BCUT2D eigenvalue weighted by Crippen LogP contribution is -2.56. The van der Waals surface area contributed by atoms with Gasteiger partial charge in [0.15, 0.2) is 0 Å². The van der Waals surface area contributed by atoms with Gasteiger partial charge in [0.2, 0.25) is 5.91 Å². The highest BCUT2D eigenvalue weighted by molar-refractivity contribution is 7.10. The van der Waals surface area contributed by atoms with Gasteiger partial charge in [0.05, 0.1) is 6.61 Å². The van der Waals surface area contributed by atoms with E-state index in [0.29, 0.717) is 25.7 Å². The van der Waals surface area contributed by atoms with Crippen molar-refractivity contribution in [3.63, 3.8) is 0 Å². The van der Waals surface area contributed by atoms with Gasteiger partial charge < -0.3 is 14.5 Å². The topological polar surface area (TPSA) is 53.1 Å². The Morgan fingerprint density at radius 1 is 1.23 bits per heavy atom. The molecule has 6 nitrogen and oxygen atoms in total. The van der Waals surface area contributed by atoms with Crippen LogP contribution in [0.15, 0.2) is 23.6 Å². The fraction of sp³-hybridized carbons (Fsp3) is 0.579. The number of hydrogen-bond acceptors (Lipinski definition) is 5. The third-order valence-corrected chi connectivity index (χ3v) is 5.84. The molecule has 0 radical (unpaired) electrons. The van der Waals surface area contributed by atoms with Gasteiger partial charge in [0, 0.05) is 56.3 Å². The lowest BCUT2D eigenvalue weighted by molar-refractivity contribution is -0.128. The molecule has 0 spiro atoms. The Bertz CT molecular complexity index is 624. The molecule has 2 aliphatic heterocycles. The predicted molar refractivity (Wildman–Crippen MR) is 103 cm³/mol. The maximum Gasteiger partial charge on any atom is 0.409 e. The molecule has 0 aromatic carbocycles. The molecular formula is C19H27N3O3S. The summed E-state index contributed by atoms with van der Waals surface area (Å²) in [6, 6.07) is 4.38. The predicted octanol–water partition coefficient (Wildman–Crippen LogP) is 2.53. The molecule has 2 aliphatic rings. The highest BCUT2D eigenvalue weighted by atomic mass is 32.1. The van der Waals surface area contributed by atoms with Gasteiger partial charge in [-0.1, -0.05) is 6.07 Å². The Hall–Kier alpha value is -1.86. The number of amides is 2.